The average Bonchev–Trinajstić information content (AvgIpc) is 3.79. The quantitative estimate of drug-likeness (QED) is 0.287. The zero-order valence-electron chi connectivity index (χ0n) is 26.2. The van der Waals surface area contributed by atoms with Crippen LogP contribution in [0.15, 0.2) is 42.6 Å². The highest BCUT2D eigenvalue weighted by Crippen LogP contribution is 2.40. The summed E-state index contributed by atoms with van der Waals surface area (Å²) in [6.07, 6.45) is 11.2. The Morgan fingerprint density at radius 2 is 1.80 bits per heavy atom. The summed E-state index contributed by atoms with van der Waals surface area (Å²) in [5.41, 5.74) is 6.33. The summed E-state index contributed by atoms with van der Waals surface area (Å²) < 4.78 is 8.43. The van der Waals surface area contributed by atoms with Crippen molar-refractivity contribution < 1.29 is 4.74 Å². The third kappa shape index (κ3) is 4.89. The van der Waals surface area contributed by atoms with E-state index in [0.717, 1.165) is 69.1 Å². The number of aryl methyl sites for hydroxylation is 2. The van der Waals surface area contributed by atoms with Crippen molar-refractivity contribution in [2.45, 2.75) is 76.3 Å². The monoisotopic (exact) mass is 592 g/mol. The molecule has 0 amide bonds. The van der Waals surface area contributed by atoms with Crippen LogP contribution in [0.2, 0.25) is 0 Å². The van der Waals surface area contributed by atoms with Crippen LogP contribution in [-0.2, 0) is 26.4 Å². The van der Waals surface area contributed by atoms with E-state index in [0.29, 0.717) is 18.5 Å². The molecule has 9 heteroatoms. The first-order valence-corrected chi connectivity index (χ1v) is 16.7. The fourth-order valence-corrected chi connectivity index (χ4v) is 8.50. The van der Waals surface area contributed by atoms with Gasteiger partial charge in [-0.05, 0) is 81.5 Å². The van der Waals surface area contributed by atoms with Gasteiger partial charge in [-0.1, -0.05) is 42.5 Å². The number of rotatable bonds is 7. The van der Waals surface area contributed by atoms with Crippen LogP contribution in [0, 0.1) is 0 Å². The summed E-state index contributed by atoms with van der Waals surface area (Å²) >= 11 is 0. The van der Waals surface area contributed by atoms with Gasteiger partial charge in [0.1, 0.15) is 12.4 Å². The van der Waals surface area contributed by atoms with E-state index in [4.69, 9.17) is 14.7 Å². The van der Waals surface area contributed by atoms with Crippen molar-refractivity contribution in [3.8, 4) is 6.01 Å². The maximum absolute atomic E-state index is 6.62. The Hall–Kier alpha value is -3.72. The van der Waals surface area contributed by atoms with Crippen LogP contribution < -0.4 is 14.5 Å². The second kappa shape index (κ2) is 11.3. The number of aromatic nitrogens is 5. The molecule has 0 spiro atoms. The van der Waals surface area contributed by atoms with Crippen molar-refractivity contribution in [2.75, 3.05) is 49.1 Å². The minimum Gasteiger partial charge on any atom is -0.461 e. The number of piperidine rings is 1. The fourth-order valence-electron chi connectivity index (χ4n) is 8.50. The molecule has 44 heavy (non-hydrogen) atoms. The van der Waals surface area contributed by atoms with Gasteiger partial charge in [-0.25, -0.2) is 0 Å². The molecular weight excluding hydrogens is 548 g/mol. The average molecular weight is 593 g/mol. The van der Waals surface area contributed by atoms with Crippen molar-refractivity contribution in [3.05, 3.63) is 65.1 Å². The molecular formula is C35H44N8O. The van der Waals surface area contributed by atoms with E-state index in [-0.39, 0.29) is 5.54 Å². The molecule has 0 saturated carbocycles. The second-order valence-electron chi connectivity index (χ2n) is 13.4. The van der Waals surface area contributed by atoms with E-state index in [1.807, 2.05) is 11.7 Å². The Bertz CT molecular complexity index is 1650. The maximum atomic E-state index is 6.62. The Balaban J connectivity index is 1.14. The molecule has 4 aliphatic rings. The molecule has 1 unspecified atom stereocenters. The predicted molar refractivity (Wildman–Crippen MR) is 174 cm³/mol. The van der Waals surface area contributed by atoms with Gasteiger partial charge in [0.2, 0.25) is 0 Å². The van der Waals surface area contributed by atoms with Crippen molar-refractivity contribution >= 4 is 22.3 Å². The Morgan fingerprint density at radius 3 is 2.59 bits per heavy atom. The van der Waals surface area contributed by atoms with E-state index >= 15 is 0 Å². The Kier molecular flexibility index (Phi) is 7.16. The van der Waals surface area contributed by atoms with Gasteiger partial charge in [0.25, 0.3) is 0 Å². The first-order chi connectivity index (χ1) is 21.6. The fraction of sp³-hybridized carbons (Fsp3) is 0.543. The van der Waals surface area contributed by atoms with E-state index in [9.17, 15) is 0 Å². The Labute approximate surface area is 260 Å². The van der Waals surface area contributed by atoms with Crippen molar-refractivity contribution in [3.63, 3.8) is 0 Å². The minimum atomic E-state index is 0.160. The van der Waals surface area contributed by atoms with Gasteiger partial charge >= 0.3 is 6.01 Å². The van der Waals surface area contributed by atoms with Gasteiger partial charge in [0, 0.05) is 55.4 Å². The molecule has 230 valence electrons. The molecule has 6 heterocycles. The lowest BCUT2D eigenvalue weighted by Gasteiger charge is -2.37. The Morgan fingerprint density at radius 1 is 0.955 bits per heavy atom. The summed E-state index contributed by atoms with van der Waals surface area (Å²) in [7, 11) is 1.95. The number of hydrogen-bond donors (Lipinski definition) is 0. The highest BCUT2D eigenvalue weighted by molar-refractivity contribution is 5.97. The highest BCUT2D eigenvalue weighted by atomic mass is 16.5. The maximum Gasteiger partial charge on any atom is 0.318 e. The summed E-state index contributed by atoms with van der Waals surface area (Å²) in [4.78, 5) is 18.0. The van der Waals surface area contributed by atoms with Gasteiger partial charge in [0.05, 0.1) is 23.5 Å². The normalized spacial score (nSPS) is 21.5. The van der Waals surface area contributed by atoms with Gasteiger partial charge < -0.3 is 14.5 Å². The molecule has 0 N–H and O–H groups in total. The third-order valence-corrected chi connectivity index (χ3v) is 10.8. The highest BCUT2D eigenvalue weighted by Gasteiger charge is 2.45. The molecule has 3 fully saturated rings. The van der Waals surface area contributed by atoms with Crippen LogP contribution in [0.3, 0.4) is 0 Å². The lowest BCUT2D eigenvalue weighted by molar-refractivity contribution is 0.107. The summed E-state index contributed by atoms with van der Waals surface area (Å²) in [6.45, 7) is 8.91. The van der Waals surface area contributed by atoms with Crippen molar-refractivity contribution in [1.82, 2.24) is 29.9 Å². The molecule has 1 atom stereocenters. The molecule has 3 saturated heterocycles. The molecule has 0 aliphatic carbocycles. The van der Waals surface area contributed by atoms with Gasteiger partial charge in [-0.3, -0.25) is 9.58 Å². The van der Waals surface area contributed by atoms with Crippen LogP contribution in [0.25, 0.3) is 10.8 Å². The molecule has 4 aromatic rings. The number of fused-ring (bicyclic) bond motifs is 3. The van der Waals surface area contributed by atoms with Gasteiger partial charge in [-0.2, -0.15) is 9.97 Å². The summed E-state index contributed by atoms with van der Waals surface area (Å²) in [5.74, 6) is 1.41. The van der Waals surface area contributed by atoms with E-state index in [2.05, 4.69) is 74.5 Å². The summed E-state index contributed by atoms with van der Waals surface area (Å²) in [5, 5.41) is 11.4. The van der Waals surface area contributed by atoms with Crippen molar-refractivity contribution in [2.24, 2.45) is 7.05 Å². The molecule has 2 aromatic heterocycles. The van der Waals surface area contributed by atoms with Gasteiger partial charge in [-0.15, -0.1) is 5.10 Å². The first-order valence-electron chi connectivity index (χ1n) is 16.7. The lowest BCUT2D eigenvalue weighted by Crippen LogP contribution is -2.43. The smallest absolute Gasteiger partial charge is 0.318 e. The second-order valence-corrected chi connectivity index (χ2v) is 13.4. The molecule has 0 radical (unpaired) electrons. The number of ether oxygens (including phenoxy) is 1. The van der Waals surface area contributed by atoms with Crippen LogP contribution in [0.1, 0.15) is 73.9 Å². The zero-order valence-corrected chi connectivity index (χ0v) is 26.2. The largest absolute Gasteiger partial charge is 0.461 e. The van der Waals surface area contributed by atoms with E-state index in [1.165, 1.54) is 66.4 Å². The summed E-state index contributed by atoms with van der Waals surface area (Å²) in [6, 6.07) is 14.0. The lowest BCUT2D eigenvalue weighted by atomic mass is 9.94. The third-order valence-electron chi connectivity index (χ3n) is 10.8. The molecule has 4 aliphatic heterocycles. The topological polar surface area (TPSA) is 75.4 Å². The van der Waals surface area contributed by atoms with Crippen molar-refractivity contribution in [1.29, 1.82) is 0 Å². The van der Waals surface area contributed by atoms with E-state index in [1.54, 1.807) is 0 Å². The number of nitrogens with zero attached hydrogens (tertiary/aromatic N) is 8. The number of benzene rings is 2. The van der Waals surface area contributed by atoms with Gasteiger partial charge in [0.15, 0.2) is 0 Å². The number of anilines is 2. The van der Waals surface area contributed by atoms with Crippen LogP contribution >= 0.6 is 0 Å². The number of hydrogen-bond acceptors (Lipinski definition) is 8. The molecule has 8 rings (SSSR count). The molecule has 2 aromatic carbocycles. The minimum absolute atomic E-state index is 0.160. The van der Waals surface area contributed by atoms with E-state index < -0.39 is 0 Å². The van der Waals surface area contributed by atoms with Crippen LogP contribution in [-0.4, -0.2) is 74.7 Å². The SMILES string of the molecule is CCc1cccc2cccc(N3CCc4c(nc(OCC56CCCN5CCC6)nc4N4CCCC(c5cn(C)nn5)C4)C3)c12. The standard InChI is InChI=1S/C35H44N8O/c1-3-25-9-4-10-26-11-5-13-31(32(25)26)41-20-14-28-30(23-41)36-34(44-24-35-15-7-18-43(35)19-8-16-35)37-33(28)42-17-6-12-27(21-42)29-22-40(2)39-38-29/h4-5,9-11,13,22,27H,3,6-8,12,14-21,23-24H2,1-2H3. The zero-order chi connectivity index (χ0) is 29.7. The first kappa shape index (κ1) is 27.8. The van der Waals surface area contributed by atoms with Crippen LogP contribution in [0.5, 0.6) is 6.01 Å². The molecule has 9 nitrogen and oxygen atoms in total. The van der Waals surface area contributed by atoms with Crippen LogP contribution in [0.4, 0.5) is 11.5 Å². The molecule has 0 bridgehead atoms. The predicted octanol–water partition coefficient (Wildman–Crippen LogP) is 5.27.